The molecule has 1 heterocycles. The van der Waals surface area contributed by atoms with Crippen LogP contribution in [0.5, 0.6) is 5.75 Å². The molecule has 1 saturated heterocycles. The molecule has 0 amide bonds. The second-order valence-electron chi connectivity index (χ2n) is 7.29. The first-order valence-corrected chi connectivity index (χ1v) is 8.70. The number of ether oxygens (including phenoxy) is 1. The Kier molecular flexibility index (Phi) is 6.27. The third-order valence-electron chi connectivity index (χ3n) is 4.69. The van der Waals surface area contributed by atoms with Crippen LogP contribution in [0.15, 0.2) is 18.2 Å². The first-order chi connectivity index (χ1) is 10.5. The summed E-state index contributed by atoms with van der Waals surface area (Å²) >= 11 is 0. The highest BCUT2D eigenvalue weighted by Gasteiger charge is 2.22. The van der Waals surface area contributed by atoms with Crippen LogP contribution in [0, 0.1) is 12.8 Å². The van der Waals surface area contributed by atoms with E-state index in [1.165, 1.54) is 42.0 Å². The molecular weight excluding hydrogens is 274 g/mol. The monoisotopic (exact) mass is 306 g/mol. The van der Waals surface area contributed by atoms with E-state index in [0.29, 0.717) is 12.5 Å². The maximum atomic E-state index is 10.2. The third-order valence-corrected chi connectivity index (χ3v) is 4.69. The van der Waals surface area contributed by atoms with Gasteiger partial charge in [0.05, 0.1) is 13.1 Å². The summed E-state index contributed by atoms with van der Waals surface area (Å²) < 4.78 is 5.79. The molecule has 2 rings (SSSR count). The predicted octanol–water partition coefficient (Wildman–Crippen LogP) is 2.17. The Hall–Kier alpha value is -1.06. The van der Waals surface area contributed by atoms with Gasteiger partial charge in [-0.2, -0.15) is 0 Å². The van der Waals surface area contributed by atoms with Crippen LogP contribution in [-0.4, -0.2) is 37.5 Å². The maximum absolute atomic E-state index is 10.2. The average Bonchev–Trinajstić information content (AvgIpc) is 2.45. The van der Waals surface area contributed by atoms with Gasteiger partial charge in [-0.25, -0.2) is 0 Å². The standard InChI is InChI=1S/C19H31NO2/c1-14(2)19-8-7-18(10-16(19)4)22-13-17(21)12-20-9-5-6-15(3)11-20/h7-8,10,14-15,17,21H,5-6,9,11-13H2,1-4H3/p+1/t15-,17-/m0/s1. The van der Waals surface area contributed by atoms with Gasteiger partial charge in [0.15, 0.2) is 0 Å². The van der Waals surface area contributed by atoms with Gasteiger partial charge in [0.2, 0.25) is 0 Å². The van der Waals surface area contributed by atoms with Gasteiger partial charge in [0.1, 0.15) is 25.0 Å². The lowest BCUT2D eigenvalue weighted by Gasteiger charge is -2.29. The van der Waals surface area contributed by atoms with Crippen LogP contribution >= 0.6 is 0 Å². The number of aliphatic hydroxyl groups excluding tert-OH is 1. The highest BCUT2D eigenvalue weighted by atomic mass is 16.5. The Labute approximate surface area is 135 Å². The van der Waals surface area contributed by atoms with Crippen LogP contribution < -0.4 is 9.64 Å². The molecule has 0 aromatic heterocycles. The number of benzene rings is 1. The maximum Gasteiger partial charge on any atom is 0.137 e. The quantitative estimate of drug-likeness (QED) is 0.844. The number of piperidine rings is 1. The lowest BCUT2D eigenvalue weighted by atomic mass is 9.98. The van der Waals surface area contributed by atoms with Gasteiger partial charge >= 0.3 is 0 Å². The number of quaternary nitrogens is 1. The van der Waals surface area contributed by atoms with Gasteiger partial charge < -0.3 is 14.7 Å². The molecular formula is C19H32NO2+. The van der Waals surface area contributed by atoms with E-state index in [9.17, 15) is 5.11 Å². The zero-order valence-corrected chi connectivity index (χ0v) is 14.6. The molecule has 2 N–H and O–H groups in total. The average molecular weight is 306 g/mol. The van der Waals surface area contributed by atoms with E-state index in [4.69, 9.17) is 4.74 Å². The van der Waals surface area contributed by atoms with Crippen LogP contribution in [0.2, 0.25) is 0 Å². The van der Waals surface area contributed by atoms with Gasteiger partial charge in [-0.3, -0.25) is 0 Å². The summed E-state index contributed by atoms with van der Waals surface area (Å²) in [6.45, 7) is 12.4. The summed E-state index contributed by atoms with van der Waals surface area (Å²) in [6.07, 6.45) is 2.22. The van der Waals surface area contributed by atoms with E-state index in [1.807, 2.05) is 6.07 Å². The Balaban J connectivity index is 1.80. The second-order valence-corrected chi connectivity index (χ2v) is 7.29. The van der Waals surface area contributed by atoms with Crippen LogP contribution in [-0.2, 0) is 0 Å². The molecule has 3 nitrogen and oxygen atoms in total. The Morgan fingerprint density at radius 1 is 1.36 bits per heavy atom. The second kappa shape index (κ2) is 7.98. The lowest BCUT2D eigenvalue weighted by molar-refractivity contribution is -0.911. The zero-order chi connectivity index (χ0) is 16.1. The minimum atomic E-state index is -0.384. The number of aryl methyl sites for hydroxylation is 1. The molecule has 22 heavy (non-hydrogen) atoms. The molecule has 1 aliphatic rings. The molecule has 124 valence electrons. The van der Waals surface area contributed by atoms with E-state index < -0.39 is 0 Å². The van der Waals surface area contributed by atoms with Crippen molar-refractivity contribution in [2.45, 2.75) is 52.6 Å². The summed E-state index contributed by atoms with van der Waals surface area (Å²) in [5.41, 5.74) is 2.62. The van der Waals surface area contributed by atoms with Crippen molar-refractivity contribution in [2.75, 3.05) is 26.2 Å². The van der Waals surface area contributed by atoms with Crippen molar-refractivity contribution >= 4 is 0 Å². The van der Waals surface area contributed by atoms with E-state index in [-0.39, 0.29) is 6.10 Å². The molecule has 3 atom stereocenters. The number of likely N-dealkylation sites (tertiary alicyclic amines) is 1. The van der Waals surface area contributed by atoms with Crippen LogP contribution in [0.1, 0.15) is 50.7 Å². The van der Waals surface area contributed by atoms with Crippen molar-refractivity contribution in [1.82, 2.24) is 0 Å². The zero-order valence-electron chi connectivity index (χ0n) is 14.6. The van der Waals surface area contributed by atoms with E-state index in [0.717, 1.165) is 18.2 Å². The molecule has 0 bridgehead atoms. The number of nitrogens with one attached hydrogen (secondary N) is 1. The SMILES string of the molecule is Cc1cc(OC[C@@H](O)C[NH+]2CCC[C@H](C)C2)ccc1C(C)C. The largest absolute Gasteiger partial charge is 0.491 e. The van der Waals surface area contributed by atoms with Crippen molar-refractivity contribution in [3.05, 3.63) is 29.3 Å². The Bertz CT molecular complexity index is 473. The van der Waals surface area contributed by atoms with Gasteiger partial charge in [-0.1, -0.05) is 26.8 Å². The van der Waals surface area contributed by atoms with Gasteiger partial charge in [0, 0.05) is 5.92 Å². The van der Waals surface area contributed by atoms with Crippen molar-refractivity contribution in [3.63, 3.8) is 0 Å². The van der Waals surface area contributed by atoms with Crippen LogP contribution in [0.25, 0.3) is 0 Å². The summed E-state index contributed by atoms with van der Waals surface area (Å²) in [4.78, 5) is 1.51. The van der Waals surface area contributed by atoms with Gasteiger partial charge in [0.25, 0.3) is 0 Å². The molecule has 0 saturated carbocycles. The van der Waals surface area contributed by atoms with Crippen LogP contribution in [0.4, 0.5) is 0 Å². The van der Waals surface area contributed by atoms with E-state index >= 15 is 0 Å². The first-order valence-electron chi connectivity index (χ1n) is 8.70. The fraction of sp³-hybridized carbons (Fsp3) is 0.684. The normalized spacial score (nSPS) is 23.5. The summed E-state index contributed by atoms with van der Waals surface area (Å²) in [7, 11) is 0. The van der Waals surface area contributed by atoms with Crippen molar-refractivity contribution in [3.8, 4) is 5.75 Å². The smallest absolute Gasteiger partial charge is 0.137 e. The van der Waals surface area contributed by atoms with Crippen molar-refractivity contribution < 1.29 is 14.7 Å². The highest BCUT2D eigenvalue weighted by Crippen LogP contribution is 2.23. The molecule has 1 aromatic carbocycles. The topological polar surface area (TPSA) is 33.9 Å². The molecule has 3 heteroatoms. The molecule has 1 aliphatic heterocycles. The summed E-state index contributed by atoms with van der Waals surface area (Å²) in [6, 6.07) is 6.24. The molecule has 1 unspecified atom stereocenters. The summed E-state index contributed by atoms with van der Waals surface area (Å²) in [5, 5.41) is 10.2. The number of hydrogen-bond acceptors (Lipinski definition) is 2. The summed E-state index contributed by atoms with van der Waals surface area (Å²) in [5.74, 6) is 2.18. The number of aliphatic hydroxyl groups is 1. The molecule has 0 radical (unpaired) electrons. The fourth-order valence-corrected chi connectivity index (χ4v) is 3.55. The minimum absolute atomic E-state index is 0.384. The Morgan fingerprint density at radius 3 is 2.77 bits per heavy atom. The lowest BCUT2D eigenvalue weighted by Crippen LogP contribution is -3.14. The third kappa shape index (κ3) is 4.99. The van der Waals surface area contributed by atoms with Gasteiger partial charge in [-0.15, -0.1) is 0 Å². The molecule has 1 fully saturated rings. The Morgan fingerprint density at radius 2 is 2.14 bits per heavy atom. The first kappa shape index (κ1) is 17.3. The molecule has 1 aromatic rings. The van der Waals surface area contributed by atoms with Crippen molar-refractivity contribution in [2.24, 2.45) is 5.92 Å². The highest BCUT2D eigenvalue weighted by molar-refractivity contribution is 5.36. The van der Waals surface area contributed by atoms with Crippen molar-refractivity contribution in [1.29, 1.82) is 0 Å². The minimum Gasteiger partial charge on any atom is -0.491 e. The predicted molar refractivity (Wildman–Crippen MR) is 90.7 cm³/mol. The van der Waals surface area contributed by atoms with E-state index in [2.05, 4.69) is 39.8 Å². The van der Waals surface area contributed by atoms with E-state index in [1.54, 1.807) is 0 Å². The number of hydrogen-bond donors (Lipinski definition) is 2. The molecule has 0 spiro atoms. The molecule has 0 aliphatic carbocycles. The van der Waals surface area contributed by atoms with Gasteiger partial charge in [-0.05, 0) is 48.9 Å². The van der Waals surface area contributed by atoms with Crippen LogP contribution in [0.3, 0.4) is 0 Å². The number of rotatable bonds is 6. The fourth-order valence-electron chi connectivity index (χ4n) is 3.55.